The molecule has 0 unspecified atom stereocenters. The van der Waals surface area contributed by atoms with Crippen molar-refractivity contribution in [1.29, 1.82) is 0 Å². The van der Waals surface area contributed by atoms with E-state index in [-0.39, 0.29) is 17.2 Å². The fourth-order valence-electron chi connectivity index (χ4n) is 2.01. The summed E-state index contributed by atoms with van der Waals surface area (Å²) in [6, 6.07) is 11.4. The highest BCUT2D eigenvalue weighted by molar-refractivity contribution is 9.10. The van der Waals surface area contributed by atoms with Crippen molar-refractivity contribution in [3.63, 3.8) is 0 Å². The lowest BCUT2D eigenvalue weighted by molar-refractivity contribution is -0.114. The standard InChI is InChI=1S/C17H15BrN2O4/c1-10(21)19-15-7-6-11(18)8-14(15)16(22)17(23)20-12-4-3-5-13(9-12)24-2/h3-9H,1-2H3,(H,19,21)(H,20,23). The van der Waals surface area contributed by atoms with Crippen LogP contribution in [0.15, 0.2) is 46.9 Å². The Labute approximate surface area is 147 Å². The van der Waals surface area contributed by atoms with Gasteiger partial charge in [0.15, 0.2) is 0 Å². The van der Waals surface area contributed by atoms with E-state index >= 15 is 0 Å². The summed E-state index contributed by atoms with van der Waals surface area (Å²) in [5.41, 5.74) is 0.806. The van der Waals surface area contributed by atoms with Crippen molar-refractivity contribution in [1.82, 2.24) is 0 Å². The van der Waals surface area contributed by atoms with Gasteiger partial charge in [-0.1, -0.05) is 22.0 Å². The SMILES string of the molecule is COc1cccc(NC(=O)C(=O)c2cc(Br)ccc2NC(C)=O)c1. The van der Waals surface area contributed by atoms with E-state index in [0.717, 1.165) is 0 Å². The molecule has 6 nitrogen and oxygen atoms in total. The zero-order valence-corrected chi connectivity index (χ0v) is 14.6. The van der Waals surface area contributed by atoms with E-state index in [4.69, 9.17) is 4.74 Å². The van der Waals surface area contributed by atoms with Gasteiger partial charge in [0.05, 0.1) is 18.4 Å². The molecule has 0 fully saturated rings. The fourth-order valence-corrected chi connectivity index (χ4v) is 2.38. The molecule has 24 heavy (non-hydrogen) atoms. The maximum absolute atomic E-state index is 12.4. The van der Waals surface area contributed by atoms with Crippen LogP contribution >= 0.6 is 15.9 Å². The Kier molecular flexibility index (Phi) is 5.70. The summed E-state index contributed by atoms with van der Waals surface area (Å²) < 4.78 is 5.69. The minimum Gasteiger partial charge on any atom is -0.497 e. The van der Waals surface area contributed by atoms with Crippen molar-refractivity contribution >= 4 is 44.9 Å². The molecule has 2 aromatic rings. The molecule has 0 spiro atoms. The molecule has 0 atom stereocenters. The van der Waals surface area contributed by atoms with Crippen molar-refractivity contribution in [2.75, 3.05) is 17.7 Å². The van der Waals surface area contributed by atoms with E-state index in [1.807, 2.05) is 0 Å². The zero-order valence-electron chi connectivity index (χ0n) is 13.1. The number of amides is 2. The third kappa shape index (κ3) is 4.42. The Hall–Kier alpha value is -2.67. The van der Waals surface area contributed by atoms with Crippen molar-refractivity contribution in [3.05, 3.63) is 52.5 Å². The van der Waals surface area contributed by atoms with E-state index in [2.05, 4.69) is 26.6 Å². The molecule has 2 amide bonds. The summed E-state index contributed by atoms with van der Waals surface area (Å²) in [5, 5.41) is 5.06. The third-order valence-corrected chi connectivity index (χ3v) is 3.56. The second kappa shape index (κ2) is 7.74. The largest absolute Gasteiger partial charge is 0.497 e. The maximum Gasteiger partial charge on any atom is 0.296 e. The van der Waals surface area contributed by atoms with Gasteiger partial charge in [-0.2, -0.15) is 0 Å². The minimum absolute atomic E-state index is 0.0972. The number of halogens is 1. The zero-order chi connectivity index (χ0) is 17.7. The Morgan fingerprint density at radius 3 is 2.46 bits per heavy atom. The second-order valence-electron chi connectivity index (χ2n) is 4.89. The molecule has 0 aliphatic rings. The molecule has 0 aromatic heterocycles. The van der Waals surface area contributed by atoms with Gasteiger partial charge in [-0.3, -0.25) is 14.4 Å². The van der Waals surface area contributed by atoms with Gasteiger partial charge in [0.25, 0.3) is 11.7 Å². The first-order valence-electron chi connectivity index (χ1n) is 6.97. The van der Waals surface area contributed by atoms with Gasteiger partial charge in [0, 0.05) is 23.2 Å². The molecule has 2 N–H and O–H groups in total. The summed E-state index contributed by atoms with van der Waals surface area (Å²) in [4.78, 5) is 35.9. The third-order valence-electron chi connectivity index (χ3n) is 3.07. The Morgan fingerprint density at radius 2 is 1.79 bits per heavy atom. The number of rotatable bonds is 5. The number of anilines is 2. The second-order valence-corrected chi connectivity index (χ2v) is 5.80. The fraction of sp³-hybridized carbons (Fsp3) is 0.118. The van der Waals surface area contributed by atoms with Crippen LogP contribution in [-0.2, 0) is 9.59 Å². The number of carbonyl (C=O) groups is 3. The van der Waals surface area contributed by atoms with Crippen LogP contribution in [-0.4, -0.2) is 24.7 Å². The topological polar surface area (TPSA) is 84.5 Å². The van der Waals surface area contributed by atoms with Crippen molar-refractivity contribution < 1.29 is 19.1 Å². The smallest absolute Gasteiger partial charge is 0.296 e. The highest BCUT2D eigenvalue weighted by atomic mass is 79.9. The lowest BCUT2D eigenvalue weighted by Gasteiger charge is -2.10. The van der Waals surface area contributed by atoms with Gasteiger partial charge in [-0.15, -0.1) is 0 Å². The van der Waals surface area contributed by atoms with Crippen LogP contribution in [0.25, 0.3) is 0 Å². The number of ketones is 1. The highest BCUT2D eigenvalue weighted by Crippen LogP contribution is 2.23. The molecule has 124 valence electrons. The normalized spacial score (nSPS) is 9.96. The molecule has 7 heteroatoms. The average Bonchev–Trinajstić information content (AvgIpc) is 2.55. The first-order chi connectivity index (χ1) is 11.4. The Bertz CT molecular complexity index is 805. The number of nitrogens with one attached hydrogen (secondary N) is 2. The van der Waals surface area contributed by atoms with Gasteiger partial charge in [-0.05, 0) is 30.3 Å². The predicted octanol–water partition coefficient (Wildman–Crippen LogP) is 3.24. The number of hydrogen-bond donors (Lipinski definition) is 2. The van der Waals surface area contributed by atoms with Crippen molar-refractivity contribution in [2.45, 2.75) is 6.92 Å². The number of methoxy groups -OCH3 is 1. The monoisotopic (exact) mass is 390 g/mol. The molecular weight excluding hydrogens is 376 g/mol. The molecule has 0 aliphatic carbocycles. The van der Waals surface area contributed by atoms with Crippen molar-refractivity contribution in [3.8, 4) is 5.75 Å². The van der Waals surface area contributed by atoms with Gasteiger partial charge < -0.3 is 15.4 Å². The summed E-state index contributed by atoms with van der Waals surface area (Å²) in [5.74, 6) is -1.35. The van der Waals surface area contributed by atoms with Crippen LogP contribution in [0.4, 0.5) is 11.4 Å². The molecule has 0 radical (unpaired) electrons. The van der Waals surface area contributed by atoms with Gasteiger partial charge in [0.2, 0.25) is 5.91 Å². The number of carbonyl (C=O) groups excluding carboxylic acids is 3. The predicted molar refractivity (Wildman–Crippen MR) is 94.4 cm³/mol. The molecule has 0 saturated carbocycles. The summed E-state index contributed by atoms with van der Waals surface area (Å²) in [7, 11) is 1.51. The van der Waals surface area contributed by atoms with Gasteiger partial charge in [0.1, 0.15) is 5.75 Å². The van der Waals surface area contributed by atoms with Gasteiger partial charge in [-0.25, -0.2) is 0 Å². The first-order valence-corrected chi connectivity index (χ1v) is 7.77. The number of hydrogen-bond acceptors (Lipinski definition) is 4. The van der Waals surface area contributed by atoms with Crippen LogP contribution in [0.3, 0.4) is 0 Å². The molecule has 0 saturated heterocycles. The lowest BCUT2D eigenvalue weighted by atomic mass is 10.1. The van der Waals surface area contributed by atoms with E-state index in [0.29, 0.717) is 15.9 Å². The molecule has 0 heterocycles. The Balaban J connectivity index is 2.25. The molecule has 0 bridgehead atoms. The quantitative estimate of drug-likeness (QED) is 0.606. The summed E-state index contributed by atoms with van der Waals surface area (Å²) >= 11 is 3.25. The van der Waals surface area contributed by atoms with Crippen LogP contribution in [0.5, 0.6) is 5.75 Å². The minimum atomic E-state index is -0.812. The van der Waals surface area contributed by atoms with E-state index in [9.17, 15) is 14.4 Å². The molecule has 2 aromatic carbocycles. The van der Waals surface area contributed by atoms with Crippen LogP contribution in [0.1, 0.15) is 17.3 Å². The van der Waals surface area contributed by atoms with E-state index < -0.39 is 11.7 Å². The van der Waals surface area contributed by atoms with Gasteiger partial charge >= 0.3 is 0 Å². The average molecular weight is 391 g/mol. The summed E-state index contributed by atoms with van der Waals surface area (Å²) in [6.45, 7) is 1.33. The summed E-state index contributed by atoms with van der Waals surface area (Å²) in [6.07, 6.45) is 0. The maximum atomic E-state index is 12.4. The van der Waals surface area contributed by atoms with Crippen LogP contribution in [0.2, 0.25) is 0 Å². The highest BCUT2D eigenvalue weighted by Gasteiger charge is 2.21. The number of Topliss-reactive ketones (excluding diaryl/α,β-unsaturated/α-hetero) is 1. The van der Waals surface area contributed by atoms with E-state index in [1.165, 1.54) is 20.1 Å². The molecular formula is C17H15BrN2O4. The van der Waals surface area contributed by atoms with Crippen LogP contribution < -0.4 is 15.4 Å². The molecule has 0 aliphatic heterocycles. The lowest BCUT2D eigenvalue weighted by Crippen LogP contribution is -2.24. The number of ether oxygens (including phenoxy) is 1. The Morgan fingerprint density at radius 1 is 1.04 bits per heavy atom. The van der Waals surface area contributed by atoms with E-state index in [1.54, 1.807) is 36.4 Å². The van der Waals surface area contributed by atoms with Crippen LogP contribution in [0, 0.1) is 0 Å². The molecule has 2 rings (SSSR count). The number of benzene rings is 2. The van der Waals surface area contributed by atoms with Crippen molar-refractivity contribution in [2.24, 2.45) is 0 Å². The first kappa shape index (κ1) is 17.7.